The molecular weight excluding hydrogens is 486 g/mol. The summed E-state index contributed by atoms with van der Waals surface area (Å²) in [7, 11) is 5.27. The lowest BCUT2D eigenvalue weighted by Crippen LogP contribution is -2.37. The van der Waals surface area contributed by atoms with Crippen molar-refractivity contribution < 1.29 is 14.1 Å². The van der Waals surface area contributed by atoms with Crippen LogP contribution in [0.2, 0.25) is 0 Å². The number of methoxy groups -OCH3 is 1. The van der Waals surface area contributed by atoms with Crippen molar-refractivity contribution in [1.82, 2.24) is 9.97 Å². The second-order valence-electron chi connectivity index (χ2n) is 10.5. The van der Waals surface area contributed by atoms with E-state index in [-0.39, 0.29) is 5.78 Å². The highest BCUT2D eigenvalue weighted by Gasteiger charge is 2.50. The number of carbonyl (C=O) groups excluding carboxylic acids is 1. The molecule has 7 heteroatoms. The number of aromatic amines is 1. The molecule has 1 aliphatic rings. The molecule has 0 amide bonds. The van der Waals surface area contributed by atoms with Gasteiger partial charge in [0, 0.05) is 27.4 Å². The number of H-pyrrole nitrogens is 1. The number of benzene rings is 2. The van der Waals surface area contributed by atoms with E-state index in [1.54, 1.807) is 28.7 Å². The number of nitrogens with one attached hydrogen (secondary N) is 1. The maximum Gasteiger partial charge on any atom is 0.402 e. The van der Waals surface area contributed by atoms with Crippen LogP contribution >= 0.6 is 21.6 Å². The number of hydrogen-bond donors (Lipinski definition) is 1. The topological polar surface area (TPSA) is 58.9 Å². The van der Waals surface area contributed by atoms with Crippen LogP contribution in [0.5, 0.6) is 5.75 Å². The summed E-state index contributed by atoms with van der Waals surface area (Å²) >= 11 is 0. The highest BCUT2D eigenvalue weighted by Crippen LogP contribution is 2.47. The van der Waals surface area contributed by atoms with Crippen LogP contribution in [-0.4, -0.2) is 22.9 Å². The number of Topliss-reactive ketones (excluding diaryl/α,β-unsaturated/α-hetero) is 1. The zero-order chi connectivity index (χ0) is 25.8. The van der Waals surface area contributed by atoms with Crippen LogP contribution in [0.1, 0.15) is 55.6 Å². The first-order chi connectivity index (χ1) is 17.0. The number of fused-ring (bicyclic) bond motifs is 2. The van der Waals surface area contributed by atoms with Crippen molar-refractivity contribution in [3.63, 3.8) is 0 Å². The fourth-order valence-electron chi connectivity index (χ4n) is 5.24. The minimum Gasteiger partial charge on any atom is -0.496 e. The molecule has 186 valence electrons. The van der Waals surface area contributed by atoms with Gasteiger partial charge in [-0.05, 0) is 76.9 Å². The molecule has 2 aromatic carbocycles. The van der Waals surface area contributed by atoms with Gasteiger partial charge in [-0.25, -0.2) is 9.55 Å². The van der Waals surface area contributed by atoms with E-state index >= 15 is 0 Å². The van der Waals surface area contributed by atoms with Gasteiger partial charge in [-0.1, -0.05) is 44.3 Å². The molecule has 5 rings (SSSR count). The van der Waals surface area contributed by atoms with E-state index in [2.05, 4.69) is 59.8 Å². The number of imidazole rings is 1. The largest absolute Gasteiger partial charge is 0.496 e. The molecule has 5 nitrogen and oxygen atoms in total. The number of hydrogen-bond acceptors (Lipinski definition) is 5. The van der Waals surface area contributed by atoms with Gasteiger partial charge in [0.25, 0.3) is 0 Å². The SMILES string of the molecule is COc1cc[n+](-c2nc3cc4c(cc3[nH]2)C(C)(C)C(=O)C4(C)C)c(CSSc2ccc(C)cc2)c1C. The average molecular weight is 519 g/mol. The second kappa shape index (κ2) is 8.96. The zero-order valence-electron chi connectivity index (χ0n) is 21.9. The predicted octanol–water partition coefficient (Wildman–Crippen LogP) is 6.54. The molecule has 0 bridgehead atoms. The number of carbonyl (C=O) groups is 1. The molecule has 2 aromatic heterocycles. The summed E-state index contributed by atoms with van der Waals surface area (Å²) in [5.74, 6) is 2.66. The van der Waals surface area contributed by atoms with Gasteiger partial charge in [-0.2, -0.15) is 0 Å². The third-order valence-electron chi connectivity index (χ3n) is 7.38. The van der Waals surface area contributed by atoms with Crippen LogP contribution in [0.25, 0.3) is 17.0 Å². The first-order valence-electron chi connectivity index (χ1n) is 12.1. The van der Waals surface area contributed by atoms with Crippen LogP contribution in [-0.2, 0) is 21.4 Å². The summed E-state index contributed by atoms with van der Waals surface area (Å²) in [5.41, 5.74) is 6.41. The van der Waals surface area contributed by atoms with Crippen LogP contribution in [0, 0.1) is 13.8 Å². The minimum atomic E-state index is -0.523. The maximum atomic E-state index is 13.1. The predicted molar refractivity (Wildman–Crippen MR) is 148 cm³/mol. The number of nitrogens with zero attached hydrogens (tertiary/aromatic N) is 2. The lowest BCUT2D eigenvalue weighted by atomic mass is 9.80. The average Bonchev–Trinajstić information content (AvgIpc) is 3.32. The van der Waals surface area contributed by atoms with Gasteiger partial charge >= 0.3 is 5.95 Å². The fraction of sp³-hybridized carbons (Fsp3) is 0.345. The smallest absolute Gasteiger partial charge is 0.402 e. The van der Waals surface area contributed by atoms with Crippen molar-refractivity contribution in [3.05, 3.63) is 76.6 Å². The van der Waals surface area contributed by atoms with E-state index in [1.165, 1.54) is 10.5 Å². The standard InChI is InChI=1S/C29H32N3O2S2/c1-17-8-10-19(11-9-17)36-35-16-24-18(2)25(34-7)12-13-32(24)27-30-22-14-20-21(15-23(22)31-27)29(5,6)26(33)28(20,3)4/h8-15H,16H2,1-7H3,(H,30,31)/q+1. The van der Waals surface area contributed by atoms with Crippen molar-refractivity contribution in [1.29, 1.82) is 0 Å². The van der Waals surface area contributed by atoms with Gasteiger partial charge in [0.15, 0.2) is 11.3 Å². The first kappa shape index (κ1) is 24.9. The molecule has 0 unspecified atom stereocenters. The van der Waals surface area contributed by atoms with Crippen molar-refractivity contribution in [3.8, 4) is 11.7 Å². The Bertz CT molecular complexity index is 1430. The summed E-state index contributed by atoms with van der Waals surface area (Å²) in [5, 5.41) is 0. The van der Waals surface area contributed by atoms with E-state index in [0.717, 1.165) is 50.9 Å². The molecule has 0 saturated heterocycles. The zero-order valence-corrected chi connectivity index (χ0v) is 23.5. The van der Waals surface area contributed by atoms with E-state index in [1.807, 2.05) is 40.0 Å². The molecule has 0 atom stereocenters. The Labute approximate surface area is 220 Å². The van der Waals surface area contributed by atoms with Gasteiger partial charge in [-0.3, -0.25) is 4.79 Å². The van der Waals surface area contributed by atoms with Gasteiger partial charge in [-0.15, -0.1) is 0 Å². The lowest BCUT2D eigenvalue weighted by molar-refractivity contribution is -0.610. The molecule has 0 saturated carbocycles. The Hall–Kier alpha value is -2.77. The molecule has 1 aliphatic carbocycles. The lowest BCUT2D eigenvalue weighted by Gasteiger charge is -2.21. The van der Waals surface area contributed by atoms with Gasteiger partial charge in [0.05, 0.1) is 19.1 Å². The Balaban J connectivity index is 1.53. The number of ketones is 1. The van der Waals surface area contributed by atoms with Crippen LogP contribution in [0.3, 0.4) is 0 Å². The third kappa shape index (κ3) is 4.02. The van der Waals surface area contributed by atoms with E-state index < -0.39 is 10.8 Å². The number of aromatic nitrogens is 3. The molecule has 0 spiro atoms. The summed E-state index contributed by atoms with van der Waals surface area (Å²) in [6.07, 6.45) is 2.01. The normalized spacial score (nSPS) is 15.9. The molecular formula is C29H32N3O2S2+. The van der Waals surface area contributed by atoms with E-state index in [0.29, 0.717) is 0 Å². The number of rotatable bonds is 6. The van der Waals surface area contributed by atoms with Gasteiger partial charge in [0.2, 0.25) is 0 Å². The van der Waals surface area contributed by atoms with E-state index in [4.69, 9.17) is 9.72 Å². The number of pyridine rings is 1. The van der Waals surface area contributed by atoms with Gasteiger partial charge in [0.1, 0.15) is 17.0 Å². The fourth-order valence-corrected chi connectivity index (χ4v) is 7.40. The molecule has 0 fully saturated rings. The maximum absolute atomic E-state index is 13.1. The quantitative estimate of drug-likeness (QED) is 0.232. The Kier molecular flexibility index (Phi) is 6.20. The summed E-state index contributed by atoms with van der Waals surface area (Å²) < 4.78 is 7.75. The summed E-state index contributed by atoms with van der Waals surface area (Å²) in [6.45, 7) is 12.3. The molecule has 2 heterocycles. The minimum absolute atomic E-state index is 0.253. The van der Waals surface area contributed by atoms with Crippen molar-refractivity contribution >= 4 is 38.4 Å². The number of ether oxygens (including phenoxy) is 1. The summed E-state index contributed by atoms with van der Waals surface area (Å²) in [4.78, 5) is 22.8. The van der Waals surface area contributed by atoms with Gasteiger partial charge < -0.3 is 4.74 Å². The molecule has 1 N–H and O–H groups in total. The van der Waals surface area contributed by atoms with Crippen molar-refractivity contribution in [2.75, 3.05) is 7.11 Å². The Morgan fingerprint density at radius 2 is 1.67 bits per heavy atom. The molecule has 0 aliphatic heterocycles. The van der Waals surface area contributed by atoms with Crippen molar-refractivity contribution in [2.24, 2.45) is 0 Å². The number of aryl methyl sites for hydroxylation is 1. The third-order valence-corrected chi connectivity index (χ3v) is 9.64. The van der Waals surface area contributed by atoms with Crippen LogP contribution < -0.4 is 9.30 Å². The van der Waals surface area contributed by atoms with Crippen LogP contribution in [0.4, 0.5) is 0 Å². The first-order valence-corrected chi connectivity index (χ1v) is 14.4. The second-order valence-corrected chi connectivity index (χ2v) is 12.9. The van der Waals surface area contributed by atoms with Crippen LogP contribution in [0.15, 0.2) is 53.6 Å². The van der Waals surface area contributed by atoms with Crippen molar-refractivity contribution in [2.45, 2.75) is 63.0 Å². The molecule has 36 heavy (non-hydrogen) atoms. The Morgan fingerprint density at radius 1 is 1.00 bits per heavy atom. The Morgan fingerprint density at radius 3 is 2.33 bits per heavy atom. The monoisotopic (exact) mass is 518 g/mol. The summed E-state index contributed by atoms with van der Waals surface area (Å²) in [6, 6.07) is 14.8. The molecule has 0 radical (unpaired) electrons. The van der Waals surface area contributed by atoms with E-state index in [9.17, 15) is 4.79 Å². The highest BCUT2D eigenvalue weighted by molar-refractivity contribution is 8.76. The highest BCUT2D eigenvalue weighted by atomic mass is 33.1. The molecule has 4 aromatic rings.